The summed E-state index contributed by atoms with van der Waals surface area (Å²) in [6.07, 6.45) is 5.81. The van der Waals surface area contributed by atoms with Crippen LogP contribution in [0.2, 0.25) is 0 Å². The van der Waals surface area contributed by atoms with Gasteiger partial charge in [-0.2, -0.15) is 0 Å². The van der Waals surface area contributed by atoms with Crippen molar-refractivity contribution < 1.29 is 5.11 Å². The summed E-state index contributed by atoms with van der Waals surface area (Å²) in [5, 5.41) is 9.99. The molecule has 0 amide bonds. The van der Waals surface area contributed by atoms with Crippen LogP contribution < -0.4 is 0 Å². The highest BCUT2D eigenvalue weighted by atomic mass is 16.3. The zero-order chi connectivity index (χ0) is 12.0. The molecule has 17 heavy (non-hydrogen) atoms. The van der Waals surface area contributed by atoms with E-state index >= 15 is 0 Å². The minimum Gasteiger partial charge on any atom is -0.389 e. The first-order chi connectivity index (χ1) is 8.03. The number of aromatic nitrogens is 1. The summed E-state index contributed by atoms with van der Waals surface area (Å²) in [4.78, 5) is 0. The van der Waals surface area contributed by atoms with E-state index in [-0.39, 0.29) is 0 Å². The molecular weight excluding hydrogens is 210 g/mol. The van der Waals surface area contributed by atoms with Gasteiger partial charge in [-0.3, -0.25) is 0 Å². The summed E-state index contributed by atoms with van der Waals surface area (Å²) in [6.45, 7) is 4.00. The molecular formula is C15H17NO. The van der Waals surface area contributed by atoms with E-state index in [9.17, 15) is 5.11 Å². The van der Waals surface area contributed by atoms with Crippen molar-refractivity contribution in [2.75, 3.05) is 0 Å². The zero-order valence-electron chi connectivity index (χ0n) is 10.3. The second-order valence-corrected chi connectivity index (χ2v) is 5.40. The van der Waals surface area contributed by atoms with E-state index in [0.717, 1.165) is 12.8 Å². The fourth-order valence-electron chi connectivity index (χ4n) is 2.61. The highest BCUT2D eigenvalue weighted by Crippen LogP contribution is 2.31. The number of hydrogen-bond acceptors (Lipinski definition) is 1. The lowest BCUT2D eigenvalue weighted by Crippen LogP contribution is -2.24. The van der Waals surface area contributed by atoms with Gasteiger partial charge in [-0.15, -0.1) is 0 Å². The Morgan fingerprint density at radius 2 is 1.59 bits per heavy atom. The van der Waals surface area contributed by atoms with Crippen molar-refractivity contribution in [2.24, 2.45) is 0 Å². The van der Waals surface area contributed by atoms with Crippen molar-refractivity contribution in [1.29, 1.82) is 0 Å². The van der Waals surface area contributed by atoms with E-state index in [1.807, 2.05) is 6.92 Å². The van der Waals surface area contributed by atoms with Crippen LogP contribution in [0.3, 0.4) is 0 Å². The number of aliphatic hydroxyl groups is 1. The van der Waals surface area contributed by atoms with Gasteiger partial charge in [0, 0.05) is 30.9 Å². The van der Waals surface area contributed by atoms with Gasteiger partial charge < -0.3 is 9.67 Å². The van der Waals surface area contributed by atoms with Crippen molar-refractivity contribution in [3.63, 3.8) is 0 Å². The summed E-state index contributed by atoms with van der Waals surface area (Å²) in [6, 6.07) is 8.50. The number of nitrogens with zero attached hydrogens (tertiary/aromatic N) is 1. The van der Waals surface area contributed by atoms with Crippen molar-refractivity contribution in [1.82, 2.24) is 4.57 Å². The van der Waals surface area contributed by atoms with E-state index in [4.69, 9.17) is 0 Å². The first kappa shape index (κ1) is 10.6. The minimum absolute atomic E-state index is 0.545. The number of rotatable bonds is 1. The number of aryl methyl sites for hydroxylation is 1. The quantitative estimate of drug-likeness (QED) is 0.796. The van der Waals surface area contributed by atoms with Gasteiger partial charge in [0.15, 0.2) is 0 Å². The van der Waals surface area contributed by atoms with E-state index < -0.39 is 5.60 Å². The molecule has 2 nitrogen and oxygen atoms in total. The van der Waals surface area contributed by atoms with Crippen molar-refractivity contribution in [3.05, 3.63) is 53.3 Å². The van der Waals surface area contributed by atoms with E-state index in [1.54, 1.807) is 0 Å². The van der Waals surface area contributed by atoms with Crippen LogP contribution >= 0.6 is 0 Å². The molecule has 0 radical (unpaired) electrons. The Bertz CT molecular complexity index is 523. The lowest BCUT2D eigenvalue weighted by atomic mass is 10.0. The molecule has 2 aromatic rings. The molecule has 0 spiro atoms. The summed E-state index contributed by atoms with van der Waals surface area (Å²) in [5.74, 6) is 0. The van der Waals surface area contributed by atoms with Crippen LogP contribution in [0.4, 0.5) is 0 Å². The average Bonchev–Trinajstić information content (AvgIpc) is 2.72. The van der Waals surface area contributed by atoms with Crippen LogP contribution in [0, 0.1) is 6.92 Å². The Hall–Kier alpha value is -1.54. The van der Waals surface area contributed by atoms with Crippen LogP contribution in [0.15, 0.2) is 36.7 Å². The Kier molecular flexibility index (Phi) is 2.17. The fraction of sp³-hybridized carbons (Fsp3) is 0.333. The average molecular weight is 227 g/mol. The zero-order valence-corrected chi connectivity index (χ0v) is 10.3. The first-order valence-electron chi connectivity index (χ1n) is 6.03. The van der Waals surface area contributed by atoms with Gasteiger partial charge in [0.2, 0.25) is 0 Å². The molecule has 1 aromatic carbocycles. The van der Waals surface area contributed by atoms with Gasteiger partial charge in [-0.05, 0) is 37.1 Å². The molecule has 0 unspecified atom stereocenters. The van der Waals surface area contributed by atoms with Crippen molar-refractivity contribution in [3.8, 4) is 5.69 Å². The summed E-state index contributed by atoms with van der Waals surface area (Å²) >= 11 is 0. The number of hydrogen-bond donors (Lipinski definition) is 1. The van der Waals surface area contributed by atoms with Gasteiger partial charge in [0.25, 0.3) is 0 Å². The number of benzene rings is 1. The van der Waals surface area contributed by atoms with Crippen LogP contribution in [0.1, 0.15) is 23.6 Å². The van der Waals surface area contributed by atoms with E-state index in [1.165, 1.54) is 22.4 Å². The van der Waals surface area contributed by atoms with E-state index in [0.29, 0.717) is 0 Å². The molecule has 0 saturated carbocycles. The van der Waals surface area contributed by atoms with Crippen LogP contribution in [0.25, 0.3) is 5.69 Å². The Morgan fingerprint density at radius 1 is 1.06 bits per heavy atom. The third-order valence-electron chi connectivity index (χ3n) is 3.48. The van der Waals surface area contributed by atoms with E-state index in [2.05, 4.69) is 48.1 Å². The molecule has 3 rings (SSSR count). The normalized spacial score (nSPS) is 17.1. The third kappa shape index (κ3) is 1.89. The topological polar surface area (TPSA) is 25.2 Å². The maximum absolute atomic E-state index is 9.99. The van der Waals surface area contributed by atoms with Crippen LogP contribution in [-0.4, -0.2) is 15.3 Å². The van der Waals surface area contributed by atoms with Crippen LogP contribution in [0.5, 0.6) is 0 Å². The molecule has 0 atom stereocenters. The molecule has 0 aliphatic heterocycles. The van der Waals surface area contributed by atoms with Gasteiger partial charge in [-0.25, -0.2) is 0 Å². The van der Waals surface area contributed by atoms with Gasteiger partial charge in [0.1, 0.15) is 0 Å². The summed E-state index contributed by atoms with van der Waals surface area (Å²) in [7, 11) is 0. The molecule has 1 N–H and O–H groups in total. The molecule has 0 saturated heterocycles. The number of fused-ring (bicyclic) bond motifs is 1. The Balaban J connectivity index is 1.95. The highest BCUT2D eigenvalue weighted by molar-refractivity contribution is 5.41. The molecule has 2 heteroatoms. The fourth-order valence-corrected chi connectivity index (χ4v) is 2.61. The molecule has 1 aliphatic carbocycles. The molecule has 0 bridgehead atoms. The van der Waals surface area contributed by atoms with Gasteiger partial charge >= 0.3 is 0 Å². The van der Waals surface area contributed by atoms with Gasteiger partial charge in [-0.1, -0.05) is 17.7 Å². The first-order valence-corrected chi connectivity index (χ1v) is 6.03. The molecule has 88 valence electrons. The second-order valence-electron chi connectivity index (χ2n) is 5.40. The maximum Gasteiger partial charge on any atom is 0.0701 e. The predicted octanol–water partition coefficient (Wildman–Crippen LogP) is 2.64. The molecule has 1 aliphatic rings. The minimum atomic E-state index is -0.545. The van der Waals surface area contributed by atoms with Crippen molar-refractivity contribution >= 4 is 0 Å². The SMILES string of the molecule is Cc1ccc(-n2cc3c(c2)CC(C)(O)C3)cc1. The lowest BCUT2D eigenvalue weighted by Gasteiger charge is -2.15. The third-order valence-corrected chi connectivity index (χ3v) is 3.48. The Labute approximate surface area is 102 Å². The summed E-state index contributed by atoms with van der Waals surface area (Å²) in [5.41, 5.74) is 4.46. The lowest BCUT2D eigenvalue weighted by molar-refractivity contribution is 0.0715. The monoisotopic (exact) mass is 227 g/mol. The standard InChI is InChI=1S/C15H17NO/c1-11-3-5-14(6-4-11)16-9-12-7-15(2,17)8-13(12)10-16/h3-6,9-10,17H,7-8H2,1-2H3. The molecule has 1 heterocycles. The Morgan fingerprint density at radius 3 is 2.12 bits per heavy atom. The smallest absolute Gasteiger partial charge is 0.0701 e. The van der Waals surface area contributed by atoms with Crippen LogP contribution in [-0.2, 0) is 12.8 Å². The predicted molar refractivity (Wildman–Crippen MR) is 68.5 cm³/mol. The van der Waals surface area contributed by atoms with Gasteiger partial charge in [0.05, 0.1) is 5.60 Å². The second kappa shape index (κ2) is 3.47. The maximum atomic E-state index is 9.99. The van der Waals surface area contributed by atoms with Crippen molar-refractivity contribution in [2.45, 2.75) is 32.3 Å². The highest BCUT2D eigenvalue weighted by Gasteiger charge is 2.31. The molecule has 0 fully saturated rings. The largest absolute Gasteiger partial charge is 0.389 e. The summed E-state index contributed by atoms with van der Waals surface area (Å²) < 4.78 is 2.15. The molecule has 1 aromatic heterocycles.